The third kappa shape index (κ3) is 4.26. The number of carbonyl (C=O) groups is 1. The zero-order chi connectivity index (χ0) is 15.2. The number of nitrogens with zero attached hydrogens (tertiary/aromatic N) is 2. The van der Waals surface area contributed by atoms with Crippen LogP contribution in [0.1, 0.15) is 42.4 Å². The first-order valence-electron chi connectivity index (χ1n) is 6.94. The smallest absolute Gasteiger partial charge is 0.271 e. The SMILES string of the molecule is CNc1nc(C(=O)NC(CC(C)C)c2cccnc2)cs1. The highest BCUT2D eigenvalue weighted by Crippen LogP contribution is 2.22. The number of thiazole rings is 1. The van der Waals surface area contributed by atoms with E-state index in [1.165, 1.54) is 11.3 Å². The Kier molecular flexibility index (Phi) is 5.27. The molecule has 2 aromatic rings. The van der Waals surface area contributed by atoms with Crippen LogP contribution < -0.4 is 10.6 Å². The summed E-state index contributed by atoms with van der Waals surface area (Å²) >= 11 is 1.42. The van der Waals surface area contributed by atoms with Crippen molar-refractivity contribution < 1.29 is 4.79 Å². The van der Waals surface area contributed by atoms with Gasteiger partial charge in [-0.25, -0.2) is 4.98 Å². The van der Waals surface area contributed by atoms with Crippen molar-refractivity contribution in [3.63, 3.8) is 0 Å². The molecule has 0 bridgehead atoms. The largest absolute Gasteiger partial charge is 0.365 e. The highest BCUT2D eigenvalue weighted by atomic mass is 32.1. The van der Waals surface area contributed by atoms with E-state index in [1.54, 1.807) is 24.8 Å². The zero-order valence-electron chi connectivity index (χ0n) is 12.5. The van der Waals surface area contributed by atoms with Gasteiger partial charge in [0.05, 0.1) is 6.04 Å². The second-order valence-electron chi connectivity index (χ2n) is 5.23. The highest BCUT2D eigenvalue weighted by Gasteiger charge is 2.19. The fourth-order valence-electron chi connectivity index (χ4n) is 2.06. The van der Waals surface area contributed by atoms with Gasteiger partial charge in [0.2, 0.25) is 0 Å². The van der Waals surface area contributed by atoms with Gasteiger partial charge in [0.1, 0.15) is 5.69 Å². The Hall–Kier alpha value is -1.95. The molecule has 0 aliphatic carbocycles. The van der Waals surface area contributed by atoms with Crippen LogP contribution in [0, 0.1) is 5.92 Å². The van der Waals surface area contributed by atoms with Crippen molar-refractivity contribution in [2.45, 2.75) is 26.3 Å². The van der Waals surface area contributed by atoms with Crippen LogP contribution in [0.25, 0.3) is 0 Å². The first-order valence-corrected chi connectivity index (χ1v) is 7.82. The Morgan fingerprint density at radius 1 is 1.43 bits per heavy atom. The summed E-state index contributed by atoms with van der Waals surface area (Å²) < 4.78 is 0. The maximum atomic E-state index is 12.3. The van der Waals surface area contributed by atoms with Crippen molar-refractivity contribution in [1.82, 2.24) is 15.3 Å². The number of amides is 1. The van der Waals surface area contributed by atoms with Crippen LogP contribution in [0.4, 0.5) is 5.13 Å². The lowest BCUT2D eigenvalue weighted by atomic mass is 9.98. The zero-order valence-corrected chi connectivity index (χ0v) is 13.3. The first kappa shape index (κ1) is 15.4. The summed E-state index contributed by atoms with van der Waals surface area (Å²) in [5, 5.41) is 8.49. The second kappa shape index (κ2) is 7.17. The van der Waals surface area contributed by atoms with Crippen molar-refractivity contribution in [2.75, 3.05) is 12.4 Å². The average Bonchev–Trinajstić information content (AvgIpc) is 2.96. The standard InChI is InChI=1S/C15H20N4OS/c1-10(2)7-12(11-5-4-6-17-8-11)18-14(20)13-9-21-15(16-3)19-13/h4-6,8-10,12H,7H2,1-3H3,(H,16,19)(H,18,20). The topological polar surface area (TPSA) is 66.9 Å². The molecule has 0 spiro atoms. The van der Waals surface area contributed by atoms with Gasteiger partial charge in [0.25, 0.3) is 5.91 Å². The van der Waals surface area contributed by atoms with Crippen LogP contribution in [0.3, 0.4) is 0 Å². The molecular weight excluding hydrogens is 284 g/mol. The number of carbonyl (C=O) groups excluding carboxylic acids is 1. The molecule has 0 aliphatic heterocycles. The molecule has 0 saturated carbocycles. The Balaban J connectivity index is 2.13. The summed E-state index contributed by atoms with van der Waals surface area (Å²) in [6.45, 7) is 4.27. The number of aromatic nitrogens is 2. The van der Waals surface area contributed by atoms with Gasteiger partial charge < -0.3 is 10.6 Å². The van der Waals surface area contributed by atoms with E-state index in [-0.39, 0.29) is 11.9 Å². The molecule has 0 fully saturated rings. The summed E-state index contributed by atoms with van der Waals surface area (Å²) in [6, 6.07) is 3.82. The third-order valence-corrected chi connectivity index (χ3v) is 3.91. The van der Waals surface area contributed by atoms with Gasteiger partial charge in [-0.15, -0.1) is 11.3 Å². The summed E-state index contributed by atoms with van der Waals surface area (Å²) in [6.07, 6.45) is 4.39. The van der Waals surface area contributed by atoms with Crippen LogP contribution in [-0.2, 0) is 0 Å². The first-order chi connectivity index (χ1) is 10.1. The number of hydrogen-bond acceptors (Lipinski definition) is 5. The van der Waals surface area contributed by atoms with Crippen LogP contribution in [0.2, 0.25) is 0 Å². The van der Waals surface area contributed by atoms with E-state index in [2.05, 4.69) is 34.4 Å². The molecule has 2 heterocycles. The van der Waals surface area contributed by atoms with Gasteiger partial charge in [0, 0.05) is 24.8 Å². The molecule has 0 aliphatic rings. The molecule has 21 heavy (non-hydrogen) atoms. The van der Waals surface area contributed by atoms with Crippen molar-refractivity contribution in [1.29, 1.82) is 0 Å². The van der Waals surface area contributed by atoms with E-state index in [0.29, 0.717) is 11.6 Å². The summed E-state index contributed by atoms with van der Waals surface area (Å²) in [7, 11) is 1.79. The fourth-order valence-corrected chi connectivity index (χ4v) is 2.71. The fraction of sp³-hybridized carbons (Fsp3) is 0.400. The summed E-state index contributed by atoms with van der Waals surface area (Å²) in [5.41, 5.74) is 1.46. The predicted molar refractivity (Wildman–Crippen MR) is 85.6 cm³/mol. The molecule has 2 N–H and O–H groups in total. The molecule has 5 nitrogen and oxygen atoms in total. The number of pyridine rings is 1. The lowest BCUT2D eigenvalue weighted by Gasteiger charge is -2.20. The van der Waals surface area contributed by atoms with E-state index >= 15 is 0 Å². The van der Waals surface area contributed by atoms with Gasteiger partial charge in [-0.2, -0.15) is 0 Å². The Labute approximate surface area is 128 Å². The summed E-state index contributed by atoms with van der Waals surface area (Å²) in [4.78, 5) is 20.7. The Bertz CT molecular complexity index is 582. The van der Waals surface area contributed by atoms with E-state index in [1.807, 2.05) is 12.1 Å². The van der Waals surface area contributed by atoms with E-state index < -0.39 is 0 Å². The highest BCUT2D eigenvalue weighted by molar-refractivity contribution is 7.13. The number of rotatable bonds is 6. The van der Waals surface area contributed by atoms with Crippen LogP contribution >= 0.6 is 11.3 Å². The summed E-state index contributed by atoms with van der Waals surface area (Å²) in [5.74, 6) is 0.320. The molecule has 1 atom stereocenters. The van der Waals surface area contributed by atoms with E-state index in [0.717, 1.165) is 17.1 Å². The predicted octanol–water partition coefficient (Wildman–Crippen LogP) is 3.10. The molecule has 0 radical (unpaired) electrons. The molecule has 1 amide bonds. The Morgan fingerprint density at radius 2 is 2.24 bits per heavy atom. The normalized spacial score (nSPS) is 12.2. The maximum absolute atomic E-state index is 12.3. The van der Waals surface area contributed by atoms with Crippen molar-refractivity contribution >= 4 is 22.4 Å². The molecule has 0 aromatic carbocycles. The van der Waals surface area contributed by atoms with Gasteiger partial charge in [-0.3, -0.25) is 9.78 Å². The Morgan fingerprint density at radius 3 is 2.81 bits per heavy atom. The molecule has 2 rings (SSSR count). The van der Waals surface area contributed by atoms with Crippen molar-refractivity contribution in [3.8, 4) is 0 Å². The van der Waals surface area contributed by atoms with Gasteiger partial charge >= 0.3 is 0 Å². The monoisotopic (exact) mass is 304 g/mol. The second-order valence-corrected chi connectivity index (χ2v) is 6.09. The van der Waals surface area contributed by atoms with Crippen LogP contribution in [0.15, 0.2) is 29.9 Å². The molecular formula is C15H20N4OS. The molecule has 112 valence electrons. The lowest BCUT2D eigenvalue weighted by molar-refractivity contribution is 0.0927. The van der Waals surface area contributed by atoms with E-state index in [4.69, 9.17) is 0 Å². The van der Waals surface area contributed by atoms with E-state index in [9.17, 15) is 4.79 Å². The quantitative estimate of drug-likeness (QED) is 0.860. The minimum absolute atomic E-state index is 0.0501. The number of anilines is 1. The van der Waals surface area contributed by atoms with Crippen LogP contribution in [-0.4, -0.2) is 22.9 Å². The molecule has 2 aromatic heterocycles. The van der Waals surface area contributed by atoms with Crippen LogP contribution in [0.5, 0.6) is 0 Å². The number of nitrogens with one attached hydrogen (secondary N) is 2. The third-order valence-electron chi connectivity index (χ3n) is 3.05. The van der Waals surface area contributed by atoms with Crippen molar-refractivity contribution in [3.05, 3.63) is 41.2 Å². The number of hydrogen-bond donors (Lipinski definition) is 2. The minimum Gasteiger partial charge on any atom is -0.365 e. The van der Waals surface area contributed by atoms with Crippen molar-refractivity contribution in [2.24, 2.45) is 5.92 Å². The molecule has 1 unspecified atom stereocenters. The van der Waals surface area contributed by atoms with Gasteiger partial charge in [0.15, 0.2) is 5.13 Å². The average molecular weight is 304 g/mol. The molecule has 0 saturated heterocycles. The van der Waals surface area contributed by atoms with Gasteiger partial charge in [-0.1, -0.05) is 19.9 Å². The maximum Gasteiger partial charge on any atom is 0.271 e. The lowest BCUT2D eigenvalue weighted by Crippen LogP contribution is -2.29. The minimum atomic E-state index is -0.151. The molecule has 6 heteroatoms. The van der Waals surface area contributed by atoms with Gasteiger partial charge in [-0.05, 0) is 24.0 Å².